The molecule has 90 valence electrons. The Morgan fingerprint density at radius 1 is 1.31 bits per heavy atom. The minimum Gasteiger partial charge on any atom is -0.323 e. The molecule has 16 heavy (non-hydrogen) atoms. The third-order valence-electron chi connectivity index (χ3n) is 4.05. The second kappa shape index (κ2) is 3.75. The van der Waals surface area contributed by atoms with Crippen molar-refractivity contribution >= 4 is 11.9 Å². The van der Waals surface area contributed by atoms with Crippen LogP contribution in [0, 0.1) is 17.8 Å². The van der Waals surface area contributed by atoms with Crippen molar-refractivity contribution in [3.63, 3.8) is 0 Å². The summed E-state index contributed by atoms with van der Waals surface area (Å²) in [4.78, 5) is 23.4. The molecule has 2 rings (SSSR count). The van der Waals surface area contributed by atoms with Gasteiger partial charge >= 0.3 is 6.03 Å². The molecular weight excluding hydrogens is 204 g/mol. The molecule has 4 nitrogen and oxygen atoms in total. The molecule has 4 heteroatoms. The summed E-state index contributed by atoms with van der Waals surface area (Å²) in [5.41, 5.74) is -0.636. The summed E-state index contributed by atoms with van der Waals surface area (Å²) in [5, 5.41) is 5.28. The van der Waals surface area contributed by atoms with Gasteiger partial charge < -0.3 is 5.32 Å². The summed E-state index contributed by atoms with van der Waals surface area (Å²) in [6, 6.07) is -0.329. The van der Waals surface area contributed by atoms with Crippen molar-refractivity contribution in [2.75, 3.05) is 0 Å². The van der Waals surface area contributed by atoms with Crippen molar-refractivity contribution in [2.24, 2.45) is 17.8 Å². The number of nitrogens with one attached hydrogen (secondary N) is 2. The molecule has 1 saturated carbocycles. The van der Waals surface area contributed by atoms with Crippen LogP contribution in [0.2, 0.25) is 0 Å². The number of carbonyl (C=O) groups is 2. The van der Waals surface area contributed by atoms with Crippen molar-refractivity contribution in [3.8, 4) is 0 Å². The van der Waals surface area contributed by atoms with E-state index >= 15 is 0 Å². The first-order chi connectivity index (χ1) is 7.45. The Balaban J connectivity index is 2.32. The van der Waals surface area contributed by atoms with E-state index in [9.17, 15) is 9.59 Å². The molecule has 3 amide bonds. The summed E-state index contributed by atoms with van der Waals surface area (Å²) in [6.07, 6.45) is 2.94. The summed E-state index contributed by atoms with van der Waals surface area (Å²) in [5.74, 6) is 1.05. The van der Waals surface area contributed by atoms with Gasteiger partial charge in [0.25, 0.3) is 5.91 Å². The Morgan fingerprint density at radius 2 is 2.00 bits per heavy atom. The number of hydrogen-bond acceptors (Lipinski definition) is 2. The van der Waals surface area contributed by atoms with Crippen LogP contribution in [0.25, 0.3) is 0 Å². The molecule has 0 aromatic rings. The number of rotatable bonds is 1. The zero-order valence-corrected chi connectivity index (χ0v) is 10.2. The maximum atomic E-state index is 12.0. The second-order valence-corrected chi connectivity index (χ2v) is 5.62. The van der Waals surface area contributed by atoms with Gasteiger partial charge in [0.05, 0.1) is 0 Å². The van der Waals surface area contributed by atoms with E-state index in [2.05, 4.69) is 31.4 Å². The van der Waals surface area contributed by atoms with Crippen molar-refractivity contribution in [3.05, 3.63) is 0 Å². The molecule has 2 fully saturated rings. The van der Waals surface area contributed by atoms with Crippen LogP contribution in [0.15, 0.2) is 0 Å². The van der Waals surface area contributed by atoms with Gasteiger partial charge in [0, 0.05) is 0 Å². The van der Waals surface area contributed by atoms with Crippen LogP contribution >= 0.6 is 0 Å². The van der Waals surface area contributed by atoms with Crippen LogP contribution < -0.4 is 10.6 Å². The van der Waals surface area contributed by atoms with E-state index in [4.69, 9.17) is 0 Å². The highest BCUT2D eigenvalue weighted by Crippen LogP contribution is 2.42. The normalized spacial score (nSPS) is 39.0. The minimum absolute atomic E-state index is 0.122. The van der Waals surface area contributed by atoms with Crippen LogP contribution in [-0.4, -0.2) is 17.5 Å². The van der Waals surface area contributed by atoms with Gasteiger partial charge in [0.15, 0.2) is 0 Å². The maximum Gasteiger partial charge on any atom is 0.322 e. The Hall–Kier alpha value is -1.06. The third-order valence-corrected chi connectivity index (χ3v) is 4.05. The largest absolute Gasteiger partial charge is 0.323 e. The quantitative estimate of drug-likeness (QED) is 0.665. The number of amides is 3. The number of hydrogen-bond donors (Lipinski definition) is 2. The van der Waals surface area contributed by atoms with Gasteiger partial charge in [-0.25, -0.2) is 4.79 Å². The monoisotopic (exact) mass is 224 g/mol. The Bertz CT molecular complexity index is 327. The minimum atomic E-state index is -0.636. The van der Waals surface area contributed by atoms with Crippen LogP contribution in [-0.2, 0) is 4.79 Å². The van der Waals surface area contributed by atoms with E-state index in [1.54, 1.807) is 0 Å². The first-order valence-electron chi connectivity index (χ1n) is 6.09. The van der Waals surface area contributed by atoms with Gasteiger partial charge in [-0.1, -0.05) is 27.2 Å². The lowest BCUT2D eigenvalue weighted by Crippen LogP contribution is -2.57. The molecule has 0 radical (unpaired) electrons. The molecule has 3 atom stereocenters. The Kier molecular flexibility index (Phi) is 2.68. The first-order valence-corrected chi connectivity index (χ1v) is 6.09. The van der Waals surface area contributed by atoms with Gasteiger partial charge in [-0.05, 0) is 30.6 Å². The molecule has 1 aliphatic carbocycles. The molecule has 0 aromatic heterocycles. The highest BCUT2D eigenvalue weighted by atomic mass is 16.2. The van der Waals surface area contributed by atoms with E-state index in [-0.39, 0.29) is 17.9 Å². The molecular formula is C12H20N2O2. The second-order valence-electron chi connectivity index (χ2n) is 5.62. The molecule has 2 N–H and O–H groups in total. The first kappa shape index (κ1) is 11.4. The predicted molar refractivity (Wildman–Crippen MR) is 60.7 cm³/mol. The predicted octanol–water partition coefficient (Wildman–Crippen LogP) is 1.66. The van der Waals surface area contributed by atoms with Crippen molar-refractivity contribution in [2.45, 2.75) is 45.6 Å². The van der Waals surface area contributed by atoms with Gasteiger partial charge in [-0.3, -0.25) is 10.1 Å². The highest BCUT2D eigenvalue weighted by Gasteiger charge is 2.54. The lowest BCUT2D eigenvalue weighted by Gasteiger charge is -2.43. The molecule has 1 spiro atoms. The lowest BCUT2D eigenvalue weighted by molar-refractivity contribution is -0.129. The van der Waals surface area contributed by atoms with E-state index in [0.717, 1.165) is 19.3 Å². The average molecular weight is 224 g/mol. The topological polar surface area (TPSA) is 58.2 Å². The maximum absolute atomic E-state index is 12.0. The van der Waals surface area contributed by atoms with Crippen LogP contribution in [0.1, 0.15) is 40.0 Å². The summed E-state index contributed by atoms with van der Waals surface area (Å²) in [7, 11) is 0. The fourth-order valence-corrected chi connectivity index (χ4v) is 3.33. The van der Waals surface area contributed by atoms with E-state index in [1.165, 1.54) is 0 Å². The zero-order valence-electron chi connectivity index (χ0n) is 10.2. The molecule has 1 unspecified atom stereocenters. The van der Waals surface area contributed by atoms with Gasteiger partial charge in [-0.2, -0.15) is 0 Å². The summed E-state index contributed by atoms with van der Waals surface area (Å²) >= 11 is 0. The molecule has 0 aromatic carbocycles. The fourth-order valence-electron chi connectivity index (χ4n) is 3.33. The number of carbonyl (C=O) groups excluding carboxylic acids is 2. The lowest BCUT2D eigenvalue weighted by atomic mass is 9.65. The molecule has 2 aliphatic rings. The number of imide groups is 1. The van der Waals surface area contributed by atoms with Gasteiger partial charge in [-0.15, -0.1) is 0 Å². The third kappa shape index (κ3) is 1.60. The van der Waals surface area contributed by atoms with E-state index in [0.29, 0.717) is 11.8 Å². The number of urea groups is 1. The van der Waals surface area contributed by atoms with Crippen molar-refractivity contribution < 1.29 is 9.59 Å². The SMILES string of the molecule is CC(C)[C@@H]1CC[C@@H](C)CC12NC(=O)NC2=O. The summed E-state index contributed by atoms with van der Waals surface area (Å²) in [6.45, 7) is 6.40. The van der Waals surface area contributed by atoms with Crippen molar-refractivity contribution in [1.82, 2.24) is 10.6 Å². The Labute approximate surface area is 96.2 Å². The van der Waals surface area contributed by atoms with E-state index < -0.39 is 5.54 Å². The van der Waals surface area contributed by atoms with Gasteiger partial charge in [0.1, 0.15) is 5.54 Å². The van der Waals surface area contributed by atoms with Crippen LogP contribution in [0.4, 0.5) is 4.79 Å². The van der Waals surface area contributed by atoms with Crippen LogP contribution in [0.5, 0.6) is 0 Å². The van der Waals surface area contributed by atoms with Gasteiger partial charge in [0.2, 0.25) is 0 Å². The molecule has 0 bridgehead atoms. The van der Waals surface area contributed by atoms with Crippen molar-refractivity contribution in [1.29, 1.82) is 0 Å². The molecule has 1 saturated heterocycles. The summed E-state index contributed by atoms with van der Waals surface area (Å²) < 4.78 is 0. The van der Waals surface area contributed by atoms with Crippen LogP contribution in [0.3, 0.4) is 0 Å². The standard InChI is InChI=1S/C12H20N2O2/c1-7(2)9-5-4-8(3)6-12(9)10(15)13-11(16)14-12/h7-9H,4-6H2,1-3H3,(H2,13,14,15,16)/t8-,9+,12?/m1/s1. The molecule has 1 heterocycles. The molecule has 1 aliphatic heterocycles. The average Bonchev–Trinajstić information content (AvgIpc) is 2.41. The van der Waals surface area contributed by atoms with E-state index in [1.807, 2.05) is 0 Å². The fraction of sp³-hybridized carbons (Fsp3) is 0.833. The smallest absolute Gasteiger partial charge is 0.322 e. The zero-order chi connectivity index (χ0) is 11.9. The highest BCUT2D eigenvalue weighted by molar-refractivity contribution is 6.07. The Morgan fingerprint density at radius 3 is 2.50 bits per heavy atom.